The molecule has 0 aromatic carbocycles. The molecule has 0 radical (unpaired) electrons. The highest BCUT2D eigenvalue weighted by Gasteiger charge is 2.49. The van der Waals surface area contributed by atoms with E-state index in [1.165, 1.54) is 77.0 Å². The van der Waals surface area contributed by atoms with Gasteiger partial charge in [-0.2, -0.15) is 0 Å². The third-order valence-electron chi connectivity index (χ3n) is 7.93. The van der Waals surface area contributed by atoms with Crippen LogP contribution in [0.3, 0.4) is 0 Å². The molecular formula is C24H39BrI2O4. The minimum atomic E-state index is -0.0638. The van der Waals surface area contributed by atoms with Gasteiger partial charge >= 0.3 is 5.97 Å². The summed E-state index contributed by atoms with van der Waals surface area (Å²) in [7, 11) is 0. The van der Waals surface area contributed by atoms with E-state index in [1.54, 1.807) is 23.0 Å². The summed E-state index contributed by atoms with van der Waals surface area (Å²) in [5.74, 6) is 2.04. The first kappa shape index (κ1) is 26.9. The van der Waals surface area contributed by atoms with E-state index < -0.39 is 0 Å². The Morgan fingerprint density at radius 1 is 0.742 bits per heavy atom. The number of ether oxygens (including phenoxy) is 1. The number of epoxide rings is 1. The van der Waals surface area contributed by atoms with Crippen molar-refractivity contribution in [3.63, 3.8) is 0 Å². The molecule has 0 N–H and O–H groups in total. The Morgan fingerprint density at radius 2 is 1.32 bits per heavy atom. The van der Waals surface area contributed by atoms with E-state index in [-0.39, 0.29) is 29.1 Å². The van der Waals surface area contributed by atoms with E-state index in [0.29, 0.717) is 5.92 Å². The number of carbonyl (C=O) groups is 1. The van der Waals surface area contributed by atoms with Crippen molar-refractivity contribution in [1.82, 2.24) is 0 Å². The standard InChI is InChI=1S/C24H39BrI2O4/c25-21-16-10-15-19(22-24(29-22)31-27)18(13-8-9-14-20(21)23(28)30-26)17-11-6-4-2-1-3-5-7-12-17/h17-22,24H,1-16H2/t18?,19?,20?,21?,22?,24-/m0/s1. The zero-order valence-electron chi connectivity index (χ0n) is 18.6. The lowest BCUT2D eigenvalue weighted by Crippen LogP contribution is -2.29. The van der Waals surface area contributed by atoms with Crippen LogP contribution in [0.2, 0.25) is 0 Å². The quantitative estimate of drug-likeness (QED) is 0.166. The topological polar surface area (TPSA) is 48.1 Å². The van der Waals surface area contributed by atoms with E-state index in [9.17, 15) is 4.79 Å². The fourth-order valence-electron chi connectivity index (χ4n) is 6.17. The van der Waals surface area contributed by atoms with Gasteiger partial charge in [-0.25, -0.2) is 0 Å². The average Bonchev–Trinajstić information content (AvgIpc) is 3.57. The zero-order chi connectivity index (χ0) is 22.1. The normalized spacial score (nSPS) is 37.4. The van der Waals surface area contributed by atoms with E-state index in [1.807, 2.05) is 23.0 Å². The van der Waals surface area contributed by atoms with Gasteiger partial charge in [-0.05, 0) is 43.4 Å². The highest BCUT2D eigenvalue weighted by molar-refractivity contribution is 14.1. The summed E-state index contributed by atoms with van der Waals surface area (Å²) in [6, 6.07) is 0. The second-order valence-corrected chi connectivity index (χ2v) is 12.1. The number of rotatable bonds is 4. The molecule has 1 heterocycles. The van der Waals surface area contributed by atoms with Crippen molar-refractivity contribution in [3.8, 4) is 0 Å². The highest BCUT2D eigenvalue weighted by Crippen LogP contribution is 2.46. The fourth-order valence-corrected chi connectivity index (χ4v) is 7.71. The van der Waals surface area contributed by atoms with Crippen molar-refractivity contribution >= 4 is 67.9 Å². The van der Waals surface area contributed by atoms with Crippen molar-refractivity contribution in [3.05, 3.63) is 0 Å². The van der Waals surface area contributed by atoms with Gasteiger partial charge in [0, 0.05) is 4.83 Å². The molecule has 0 spiro atoms. The molecule has 7 heteroatoms. The number of halogens is 3. The van der Waals surface area contributed by atoms with Gasteiger partial charge in [0.15, 0.2) is 29.3 Å². The molecular weight excluding hydrogens is 686 g/mol. The molecule has 180 valence electrons. The van der Waals surface area contributed by atoms with Crippen LogP contribution in [-0.4, -0.2) is 23.2 Å². The molecule has 0 bridgehead atoms. The van der Waals surface area contributed by atoms with E-state index in [2.05, 4.69) is 15.9 Å². The molecule has 0 aromatic heterocycles. The van der Waals surface area contributed by atoms with Gasteiger partial charge in [0.2, 0.25) is 0 Å². The van der Waals surface area contributed by atoms with Crippen LogP contribution in [0.5, 0.6) is 0 Å². The number of carbonyl (C=O) groups excluding carboxylic acids is 1. The van der Waals surface area contributed by atoms with E-state index in [4.69, 9.17) is 10.9 Å². The van der Waals surface area contributed by atoms with Crippen molar-refractivity contribution in [2.45, 2.75) is 120 Å². The fraction of sp³-hybridized carbons (Fsp3) is 0.958. The molecule has 6 atom stereocenters. The van der Waals surface area contributed by atoms with Gasteiger partial charge in [-0.1, -0.05) is 93.0 Å². The SMILES string of the molecule is O=C(OI)C1CCCCC(C2CCCCCCCCC2)C(C2O[C@H]2OI)CCCC1Br. The molecule has 2 saturated carbocycles. The van der Waals surface area contributed by atoms with Crippen LogP contribution in [0.4, 0.5) is 0 Å². The van der Waals surface area contributed by atoms with Crippen molar-refractivity contribution in [1.29, 1.82) is 0 Å². The first-order valence-electron chi connectivity index (χ1n) is 12.5. The van der Waals surface area contributed by atoms with E-state index >= 15 is 0 Å². The number of alkyl halides is 1. The van der Waals surface area contributed by atoms with Crippen LogP contribution < -0.4 is 0 Å². The van der Waals surface area contributed by atoms with Gasteiger partial charge in [-0.3, -0.25) is 7.86 Å². The summed E-state index contributed by atoms with van der Waals surface area (Å²) >= 11 is 7.58. The monoisotopic (exact) mass is 724 g/mol. The number of hydrogen-bond acceptors (Lipinski definition) is 4. The Hall–Kier alpha value is 1.33. The van der Waals surface area contributed by atoms with Crippen LogP contribution in [0, 0.1) is 23.7 Å². The Bertz CT molecular complexity index is 528. The predicted molar refractivity (Wildman–Crippen MR) is 144 cm³/mol. The van der Waals surface area contributed by atoms with Crippen LogP contribution in [0.25, 0.3) is 0 Å². The van der Waals surface area contributed by atoms with Gasteiger partial charge in [0.25, 0.3) is 0 Å². The largest absolute Gasteiger partial charge is 0.394 e. The Labute approximate surface area is 225 Å². The first-order chi connectivity index (χ1) is 15.2. The summed E-state index contributed by atoms with van der Waals surface area (Å²) in [6.45, 7) is 0. The molecule has 0 aromatic rings. The third-order valence-corrected chi connectivity index (χ3v) is 9.96. The molecule has 31 heavy (non-hydrogen) atoms. The molecule has 3 fully saturated rings. The molecule has 2 aliphatic carbocycles. The Morgan fingerprint density at radius 3 is 1.94 bits per heavy atom. The lowest BCUT2D eigenvalue weighted by molar-refractivity contribution is -0.136. The van der Waals surface area contributed by atoms with Crippen molar-refractivity contribution < 1.29 is 15.7 Å². The van der Waals surface area contributed by atoms with Crippen LogP contribution in [0.15, 0.2) is 0 Å². The Kier molecular flexibility index (Phi) is 12.7. The second kappa shape index (κ2) is 14.7. The summed E-state index contributed by atoms with van der Waals surface area (Å²) in [6.07, 6.45) is 20.7. The lowest BCUT2D eigenvalue weighted by atomic mass is 9.71. The lowest BCUT2D eigenvalue weighted by Gasteiger charge is -2.34. The number of hydrogen-bond donors (Lipinski definition) is 0. The summed E-state index contributed by atoms with van der Waals surface area (Å²) in [5.41, 5.74) is 0. The third kappa shape index (κ3) is 8.49. The predicted octanol–water partition coefficient (Wildman–Crippen LogP) is 8.47. The summed E-state index contributed by atoms with van der Waals surface area (Å²) in [4.78, 5) is 12.5. The van der Waals surface area contributed by atoms with Gasteiger partial charge in [0.05, 0.1) is 5.92 Å². The molecule has 3 aliphatic rings. The summed E-state index contributed by atoms with van der Waals surface area (Å²) in [5, 5.41) is 0. The second-order valence-electron chi connectivity index (χ2n) is 9.93. The van der Waals surface area contributed by atoms with Crippen LogP contribution in [0.1, 0.15) is 103 Å². The van der Waals surface area contributed by atoms with Gasteiger partial charge < -0.3 is 7.80 Å². The van der Waals surface area contributed by atoms with Crippen molar-refractivity contribution in [2.24, 2.45) is 23.7 Å². The molecule has 3 rings (SSSR count). The van der Waals surface area contributed by atoms with Gasteiger partial charge in [0.1, 0.15) is 29.1 Å². The molecule has 1 saturated heterocycles. The molecule has 0 amide bonds. The highest BCUT2D eigenvalue weighted by atomic mass is 127. The zero-order valence-corrected chi connectivity index (χ0v) is 24.5. The maximum absolute atomic E-state index is 12.3. The van der Waals surface area contributed by atoms with Crippen LogP contribution in [-0.2, 0) is 15.7 Å². The average molecular weight is 725 g/mol. The minimum Gasteiger partial charge on any atom is -0.394 e. The molecule has 1 aliphatic heterocycles. The van der Waals surface area contributed by atoms with Crippen molar-refractivity contribution in [2.75, 3.05) is 0 Å². The maximum atomic E-state index is 12.3. The molecule has 4 nitrogen and oxygen atoms in total. The summed E-state index contributed by atoms with van der Waals surface area (Å²) < 4.78 is 16.7. The maximum Gasteiger partial charge on any atom is 0.319 e. The van der Waals surface area contributed by atoms with Gasteiger partial charge in [-0.15, -0.1) is 0 Å². The Balaban J connectivity index is 1.72. The first-order valence-corrected chi connectivity index (χ1v) is 15.2. The smallest absolute Gasteiger partial charge is 0.319 e. The van der Waals surface area contributed by atoms with Crippen LogP contribution >= 0.6 is 61.9 Å². The molecule has 5 unspecified atom stereocenters. The van der Waals surface area contributed by atoms with E-state index in [0.717, 1.165) is 37.5 Å². The minimum absolute atomic E-state index is 0.0146.